The molecule has 0 heterocycles. The summed E-state index contributed by atoms with van der Waals surface area (Å²) in [6.45, 7) is 1.87. The van der Waals surface area contributed by atoms with Crippen molar-refractivity contribution in [3.63, 3.8) is 0 Å². The van der Waals surface area contributed by atoms with Crippen LogP contribution in [0.15, 0.2) is 53.9 Å². The highest BCUT2D eigenvalue weighted by molar-refractivity contribution is 6.16. The molecule has 0 aromatic heterocycles. The van der Waals surface area contributed by atoms with E-state index in [-0.39, 0.29) is 6.61 Å². The Bertz CT molecular complexity index is 888. The van der Waals surface area contributed by atoms with E-state index in [1.54, 1.807) is 31.2 Å². The number of ether oxygens (including phenoxy) is 4. The van der Waals surface area contributed by atoms with Gasteiger partial charge in [-0.1, -0.05) is 29.4 Å². The van der Waals surface area contributed by atoms with E-state index in [9.17, 15) is 4.79 Å². The predicted molar refractivity (Wildman–Crippen MR) is 105 cm³/mol. The molecule has 1 N–H and O–H groups in total. The highest BCUT2D eigenvalue weighted by atomic mass is 16.5. The molecule has 0 spiro atoms. The van der Waals surface area contributed by atoms with Gasteiger partial charge in [0.25, 0.3) is 0 Å². The minimum Gasteiger partial charge on any atom is -0.503 e. The second-order valence-corrected chi connectivity index (χ2v) is 5.76. The van der Waals surface area contributed by atoms with Gasteiger partial charge in [-0.15, -0.1) is 0 Å². The van der Waals surface area contributed by atoms with Gasteiger partial charge in [-0.2, -0.15) is 0 Å². The van der Waals surface area contributed by atoms with E-state index in [0.29, 0.717) is 33.9 Å². The van der Waals surface area contributed by atoms with E-state index in [2.05, 4.69) is 5.16 Å². The van der Waals surface area contributed by atoms with Crippen LogP contribution in [0.5, 0.6) is 11.5 Å². The normalized spacial score (nSPS) is 11.7. The third kappa shape index (κ3) is 4.82. The molecular weight excluding hydrogens is 362 g/mol. The highest BCUT2D eigenvalue weighted by Gasteiger charge is 2.17. The van der Waals surface area contributed by atoms with Crippen LogP contribution in [-0.2, 0) is 20.9 Å². The number of carbonyl (C=O) groups is 1. The Labute approximate surface area is 163 Å². The van der Waals surface area contributed by atoms with Crippen LogP contribution in [0.1, 0.15) is 23.6 Å². The lowest BCUT2D eigenvalue weighted by molar-refractivity contribution is -0.133. The van der Waals surface area contributed by atoms with Gasteiger partial charge in [-0.25, -0.2) is 4.79 Å². The van der Waals surface area contributed by atoms with Crippen molar-refractivity contribution in [2.45, 2.75) is 13.5 Å². The van der Waals surface area contributed by atoms with Crippen molar-refractivity contribution < 1.29 is 28.9 Å². The first kappa shape index (κ1) is 20.8. The smallest absolute Gasteiger partial charge is 0.341 e. The Morgan fingerprint density at radius 1 is 1.11 bits per heavy atom. The van der Waals surface area contributed by atoms with Crippen molar-refractivity contribution in [2.24, 2.45) is 5.16 Å². The monoisotopic (exact) mass is 385 g/mol. The third-order valence-corrected chi connectivity index (χ3v) is 4.06. The number of hydrogen-bond acceptors (Lipinski definition) is 7. The van der Waals surface area contributed by atoms with Crippen LogP contribution in [0, 0.1) is 0 Å². The van der Waals surface area contributed by atoms with Crippen LogP contribution in [0.2, 0.25) is 0 Å². The number of benzene rings is 2. The van der Waals surface area contributed by atoms with Gasteiger partial charge in [-0.3, -0.25) is 0 Å². The first-order chi connectivity index (χ1) is 13.5. The summed E-state index contributed by atoms with van der Waals surface area (Å²) < 4.78 is 21.2. The summed E-state index contributed by atoms with van der Waals surface area (Å²) >= 11 is 0. The van der Waals surface area contributed by atoms with Crippen LogP contribution in [-0.4, -0.2) is 38.2 Å². The Morgan fingerprint density at radius 3 is 2.50 bits per heavy atom. The van der Waals surface area contributed by atoms with Crippen LogP contribution in [0.25, 0.3) is 5.57 Å². The molecule has 0 radical (unpaired) electrons. The van der Waals surface area contributed by atoms with Gasteiger partial charge in [0.05, 0.1) is 33.3 Å². The Morgan fingerprint density at radius 2 is 1.86 bits per heavy atom. The largest absolute Gasteiger partial charge is 0.503 e. The standard InChI is InChI=1S/C21H23NO6/c1-14(22-24)15-9-10-19(20(11-15)26-3)28-12-16-7-5-6-8-17(16)18(13-25-2)21(23)27-4/h5-11,13,24H,12H2,1-4H3. The molecule has 0 fully saturated rings. The first-order valence-corrected chi connectivity index (χ1v) is 8.45. The second-order valence-electron chi connectivity index (χ2n) is 5.76. The molecule has 7 heteroatoms. The average Bonchev–Trinajstić information content (AvgIpc) is 2.75. The average molecular weight is 385 g/mol. The van der Waals surface area contributed by atoms with Gasteiger partial charge < -0.3 is 24.2 Å². The maximum atomic E-state index is 12.1. The summed E-state index contributed by atoms with van der Waals surface area (Å²) in [5.41, 5.74) is 2.89. The van der Waals surface area contributed by atoms with Crippen molar-refractivity contribution in [3.05, 3.63) is 65.4 Å². The number of esters is 1. The Hall–Kier alpha value is -3.48. The molecule has 148 valence electrons. The lowest BCUT2D eigenvalue weighted by atomic mass is 10.0. The third-order valence-electron chi connectivity index (χ3n) is 4.06. The fraction of sp³-hybridized carbons (Fsp3) is 0.238. The van der Waals surface area contributed by atoms with E-state index in [1.165, 1.54) is 27.6 Å². The number of nitrogens with zero attached hydrogens (tertiary/aromatic N) is 1. The summed E-state index contributed by atoms with van der Waals surface area (Å²) in [5.74, 6) is 0.510. The predicted octanol–water partition coefficient (Wildman–Crippen LogP) is 3.63. The van der Waals surface area contributed by atoms with Crippen LogP contribution < -0.4 is 9.47 Å². The van der Waals surface area contributed by atoms with Crippen LogP contribution >= 0.6 is 0 Å². The zero-order valence-corrected chi connectivity index (χ0v) is 16.3. The number of carbonyl (C=O) groups excluding carboxylic acids is 1. The zero-order valence-electron chi connectivity index (χ0n) is 16.3. The van der Waals surface area contributed by atoms with Gasteiger partial charge in [0.15, 0.2) is 11.5 Å². The van der Waals surface area contributed by atoms with Crippen molar-refractivity contribution >= 4 is 17.3 Å². The molecule has 0 saturated heterocycles. The van der Waals surface area contributed by atoms with E-state index in [4.69, 9.17) is 24.2 Å². The van der Waals surface area contributed by atoms with Crippen molar-refractivity contribution in [1.29, 1.82) is 0 Å². The summed E-state index contributed by atoms with van der Waals surface area (Å²) in [4.78, 5) is 12.1. The highest BCUT2D eigenvalue weighted by Crippen LogP contribution is 2.30. The minimum absolute atomic E-state index is 0.191. The second kappa shape index (κ2) is 10.0. The van der Waals surface area contributed by atoms with Gasteiger partial charge >= 0.3 is 5.97 Å². The Balaban J connectivity index is 2.31. The maximum Gasteiger partial charge on any atom is 0.341 e. The molecular formula is C21H23NO6. The summed E-state index contributed by atoms with van der Waals surface area (Å²) in [7, 11) is 4.31. The molecule has 0 atom stereocenters. The Kier molecular flexibility index (Phi) is 7.45. The van der Waals surface area contributed by atoms with Gasteiger partial charge in [-0.05, 0) is 36.2 Å². The number of hydrogen-bond donors (Lipinski definition) is 1. The number of methoxy groups -OCH3 is 3. The summed E-state index contributed by atoms with van der Waals surface area (Å²) in [5, 5.41) is 12.1. The van der Waals surface area contributed by atoms with Crippen molar-refractivity contribution in [3.8, 4) is 11.5 Å². The lowest BCUT2D eigenvalue weighted by Crippen LogP contribution is -2.08. The molecule has 0 aliphatic carbocycles. The molecule has 0 unspecified atom stereocenters. The maximum absolute atomic E-state index is 12.1. The van der Waals surface area contributed by atoms with Gasteiger partial charge in [0.1, 0.15) is 12.2 Å². The van der Waals surface area contributed by atoms with Crippen LogP contribution in [0.3, 0.4) is 0 Å². The first-order valence-electron chi connectivity index (χ1n) is 8.45. The number of oxime groups is 1. The molecule has 7 nitrogen and oxygen atoms in total. The van der Waals surface area contributed by atoms with Crippen LogP contribution in [0.4, 0.5) is 0 Å². The molecule has 0 amide bonds. The molecule has 28 heavy (non-hydrogen) atoms. The van der Waals surface area contributed by atoms with E-state index in [1.807, 2.05) is 18.2 Å². The van der Waals surface area contributed by atoms with Crippen molar-refractivity contribution in [1.82, 2.24) is 0 Å². The molecule has 2 aromatic carbocycles. The van der Waals surface area contributed by atoms with E-state index >= 15 is 0 Å². The molecule has 2 rings (SSSR count). The fourth-order valence-corrected chi connectivity index (χ4v) is 2.58. The van der Waals surface area contributed by atoms with E-state index < -0.39 is 5.97 Å². The molecule has 0 bridgehead atoms. The molecule has 0 aliphatic rings. The molecule has 2 aromatic rings. The minimum atomic E-state index is -0.505. The SMILES string of the molecule is COC=C(C(=O)OC)c1ccccc1COc1ccc(C(C)=NO)cc1OC. The van der Waals surface area contributed by atoms with E-state index in [0.717, 1.165) is 5.56 Å². The van der Waals surface area contributed by atoms with Gasteiger partial charge in [0.2, 0.25) is 0 Å². The van der Waals surface area contributed by atoms with Gasteiger partial charge in [0, 0.05) is 5.56 Å². The lowest BCUT2D eigenvalue weighted by Gasteiger charge is -2.15. The quantitative estimate of drug-likeness (QED) is 0.186. The van der Waals surface area contributed by atoms with Crippen molar-refractivity contribution in [2.75, 3.05) is 21.3 Å². The summed E-state index contributed by atoms with van der Waals surface area (Å²) in [6.07, 6.45) is 1.34. The fourth-order valence-electron chi connectivity index (χ4n) is 2.58. The number of rotatable bonds is 8. The topological polar surface area (TPSA) is 86.6 Å². The molecule has 0 aliphatic heterocycles. The molecule has 0 saturated carbocycles. The zero-order chi connectivity index (χ0) is 20.5. The summed E-state index contributed by atoms with van der Waals surface area (Å²) in [6, 6.07) is 12.5.